The van der Waals surface area contributed by atoms with Crippen LogP contribution in [0, 0.1) is 12.8 Å². The molecular weight excluding hydrogens is 180 g/mol. The smallest absolute Gasteiger partial charge is 0.169 e. The first-order valence-electron chi connectivity index (χ1n) is 4.74. The molecule has 0 spiro atoms. The van der Waals surface area contributed by atoms with Crippen molar-refractivity contribution in [2.75, 3.05) is 13.7 Å². The SMILES string of the molecule is COCCC(C)C(=O)c1ccoc1C. The van der Waals surface area contributed by atoms with Crippen molar-refractivity contribution >= 4 is 5.78 Å². The summed E-state index contributed by atoms with van der Waals surface area (Å²) in [5, 5.41) is 0. The largest absolute Gasteiger partial charge is 0.469 e. The van der Waals surface area contributed by atoms with Crippen molar-refractivity contribution in [1.82, 2.24) is 0 Å². The number of hydrogen-bond donors (Lipinski definition) is 0. The molecule has 0 N–H and O–H groups in total. The van der Waals surface area contributed by atoms with Crippen LogP contribution in [-0.4, -0.2) is 19.5 Å². The molecule has 0 radical (unpaired) electrons. The molecular formula is C11H16O3. The highest BCUT2D eigenvalue weighted by atomic mass is 16.5. The van der Waals surface area contributed by atoms with E-state index in [-0.39, 0.29) is 11.7 Å². The second-order valence-electron chi connectivity index (χ2n) is 3.44. The van der Waals surface area contributed by atoms with Crippen LogP contribution in [0.1, 0.15) is 29.5 Å². The van der Waals surface area contributed by atoms with E-state index in [1.165, 1.54) is 0 Å². The number of furan rings is 1. The molecule has 1 rings (SSSR count). The van der Waals surface area contributed by atoms with Gasteiger partial charge in [-0.05, 0) is 19.4 Å². The summed E-state index contributed by atoms with van der Waals surface area (Å²) in [6, 6.07) is 1.72. The van der Waals surface area contributed by atoms with Crippen molar-refractivity contribution in [2.45, 2.75) is 20.3 Å². The van der Waals surface area contributed by atoms with E-state index in [2.05, 4.69) is 0 Å². The van der Waals surface area contributed by atoms with E-state index in [0.29, 0.717) is 17.9 Å². The highest BCUT2D eigenvalue weighted by Crippen LogP contribution is 2.16. The molecule has 0 aliphatic heterocycles. The molecule has 1 aromatic heterocycles. The van der Waals surface area contributed by atoms with Gasteiger partial charge in [0.25, 0.3) is 0 Å². The van der Waals surface area contributed by atoms with Crippen molar-refractivity contribution < 1.29 is 13.9 Å². The first kappa shape index (κ1) is 11.0. The van der Waals surface area contributed by atoms with Gasteiger partial charge < -0.3 is 9.15 Å². The van der Waals surface area contributed by atoms with E-state index in [1.807, 2.05) is 6.92 Å². The van der Waals surface area contributed by atoms with Gasteiger partial charge in [-0.25, -0.2) is 0 Å². The van der Waals surface area contributed by atoms with E-state index in [1.54, 1.807) is 26.4 Å². The van der Waals surface area contributed by atoms with Gasteiger partial charge in [-0.3, -0.25) is 4.79 Å². The maximum absolute atomic E-state index is 11.8. The monoisotopic (exact) mass is 196 g/mol. The molecule has 1 unspecified atom stereocenters. The van der Waals surface area contributed by atoms with E-state index >= 15 is 0 Å². The van der Waals surface area contributed by atoms with Gasteiger partial charge in [0.15, 0.2) is 5.78 Å². The maximum Gasteiger partial charge on any atom is 0.169 e. The van der Waals surface area contributed by atoms with E-state index < -0.39 is 0 Å². The lowest BCUT2D eigenvalue weighted by molar-refractivity contribution is 0.0892. The molecule has 0 aliphatic rings. The van der Waals surface area contributed by atoms with Crippen LogP contribution < -0.4 is 0 Å². The summed E-state index contributed by atoms with van der Waals surface area (Å²) < 4.78 is 10.0. The Morgan fingerprint density at radius 2 is 2.36 bits per heavy atom. The quantitative estimate of drug-likeness (QED) is 0.679. The van der Waals surface area contributed by atoms with Gasteiger partial charge in [-0.1, -0.05) is 6.92 Å². The van der Waals surface area contributed by atoms with Crippen LogP contribution in [0.25, 0.3) is 0 Å². The minimum atomic E-state index is -0.00810. The fourth-order valence-electron chi connectivity index (χ4n) is 1.33. The number of rotatable bonds is 5. The third-order valence-corrected chi connectivity index (χ3v) is 2.33. The van der Waals surface area contributed by atoms with Gasteiger partial charge in [0.1, 0.15) is 5.76 Å². The van der Waals surface area contributed by atoms with Crippen LogP contribution in [0.15, 0.2) is 16.7 Å². The standard InChI is InChI=1S/C11H16O3/c1-8(4-6-13-3)11(12)10-5-7-14-9(10)2/h5,7-8H,4,6H2,1-3H3. The Morgan fingerprint density at radius 3 is 2.86 bits per heavy atom. The van der Waals surface area contributed by atoms with Crippen molar-refractivity contribution in [2.24, 2.45) is 5.92 Å². The summed E-state index contributed by atoms with van der Waals surface area (Å²) >= 11 is 0. The fourth-order valence-corrected chi connectivity index (χ4v) is 1.33. The summed E-state index contributed by atoms with van der Waals surface area (Å²) in [5.74, 6) is 0.818. The molecule has 0 amide bonds. The van der Waals surface area contributed by atoms with Gasteiger partial charge >= 0.3 is 0 Å². The van der Waals surface area contributed by atoms with Crippen LogP contribution in [0.5, 0.6) is 0 Å². The second-order valence-corrected chi connectivity index (χ2v) is 3.44. The summed E-state index contributed by atoms with van der Waals surface area (Å²) in [4.78, 5) is 11.8. The summed E-state index contributed by atoms with van der Waals surface area (Å²) in [7, 11) is 1.64. The molecule has 14 heavy (non-hydrogen) atoms. The molecule has 3 nitrogen and oxygen atoms in total. The zero-order valence-electron chi connectivity index (χ0n) is 8.87. The van der Waals surface area contributed by atoms with Crippen molar-refractivity contribution in [3.63, 3.8) is 0 Å². The normalized spacial score (nSPS) is 12.8. The lowest BCUT2D eigenvalue weighted by Crippen LogP contribution is -2.13. The lowest BCUT2D eigenvalue weighted by atomic mass is 9.97. The van der Waals surface area contributed by atoms with E-state index in [0.717, 1.165) is 6.42 Å². The first-order chi connectivity index (χ1) is 6.66. The molecule has 0 aromatic carbocycles. The van der Waals surface area contributed by atoms with Crippen LogP contribution >= 0.6 is 0 Å². The molecule has 0 fully saturated rings. The Hall–Kier alpha value is -1.09. The Bertz CT molecular complexity index is 301. The number of carbonyl (C=O) groups is 1. The third-order valence-electron chi connectivity index (χ3n) is 2.33. The number of carbonyl (C=O) groups excluding carboxylic acids is 1. The number of ether oxygens (including phenoxy) is 1. The Kier molecular flexibility index (Phi) is 3.89. The fraction of sp³-hybridized carbons (Fsp3) is 0.545. The maximum atomic E-state index is 11.8. The topological polar surface area (TPSA) is 39.4 Å². The minimum Gasteiger partial charge on any atom is -0.469 e. The summed E-state index contributed by atoms with van der Waals surface area (Å²) in [6.45, 7) is 4.33. The second kappa shape index (κ2) is 4.96. The number of aryl methyl sites for hydroxylation is 1. The van der Waals surface area contributed by atoms with Gasteiger partial charge in [0.05, 0.1) is 11.8 Å². The summed E-state index contributed by atoms with van der Waals surface area (Å²) in [6.07, 6.45) is 2.30. The molecule has 3 heteroatoms. The van der Waals surface area contributed by atoms with E-state index in [9.17, 15) is 4.79 Å². The molecule has 0 aliphatic carbocycles. The lowest BCUT2D eigenvalue weighted by Gasteiger charge is -2.08. The first-order valence-corrected chi connectivity index (χ1v) is 4.74. The minimum absolute atomic E-state index is 0.00810. The number of hydrogen-bond acceptors (Lipinski definition) is 3. The molecule has 1 aromatic rings. The van der Waals surface area contributed by atoms with Crippen LogP contribution in [0.2, 0.25) is 0 Å². The van der Waals surface area contributed by atoms with E-state index in [4.69, 9.17) is 9.15 Å². The molecule has 1 atom stereocenters. The zero-order valence-corrected chi connectivity index (χ0v) is 8.87. The van der Waals surface area contributed by atoms with Gasteiger partial charge in [-0.2, -0.15) is 0 Å². The predicted molar refractivity (Wildman–Crippen MR) is 53.4 cm³/mol. The Morgan fingerprint density at radius 1 is 1.64 bits per heavy atom. The van der Waals surface area contributed by atoms with Gasteiger partial charge in [0, 0.05) is 19.6 Å². The van der Waals surface area contributed by atoms with Crippen molar-refractivity contribution in [1.29, 1.82) is 0 Å². The molecule has 0 saturated carbocycles. The molecule has 0 bridgehead atoms. The Balaban J connectivity index is 2.61. The Labute approximate surface area is 84.1 Å². The average Bonchev–Trinajstić information content (AvgIpc) is 2.59. The predicted octanol–water partition coefficient (Wildman–Crippen LogP) is 2.44. The van der Waals surface area contributed by atoms with Gasteiger partial charge in [-0.15, -0.1) is 0 Å². The number of Topliss-reactive ketones (excluding diaryl/α,β-unsaturated/α-hetero) is 1. The molecule has 0 saturated heterocycles. The highest BCUT2D eigenvalue weighted by Gasteiger charge is 2.18. The van der Waals surface area contributed by atoms with Crippen LogP contribution in [-0.2, 0) is 4.74 Å². The highest BCUT2D eigenvalue weighted by molar-refractivity contribution is 5.98. The number of methoxy groups -OCH3 is 1. The number of ketones is 1. The van der Waals surface area contributed by atoms with Crippen LogP contribution in [0.3, 0.4) is 0 Å². The molecule has 78 valence electrons. The van der Waals surface area contributed by atoms with Crippen molar-refractivity contribution in [3.8, 4) is 0 Å². The third kappa shape index (κ3) is 2.45. The summed E-state index contributed by atoms with van der Waals surface area (Å²) in [5.41, 5.74) is 0.689. The average molecular weight is 196 g/mol. The van der Waals surface area contributed by atoms with Gasteiger partial charge in [0.2, 0.25) is 0 Å². The van der Waals surface area contributed by atoms with Crippen molar-refractivity contribution in [3.05, 3.63) is 23.7 Å². The molecule has 1 heterocycles. The van der Waals surface area contributed by atoms with Crippen LogP contribution in [0.4, 0.5) is 0 Å². The zero-order chi connectivity index (χ0) is 10.6.